The molecular formula is C14H13ClF6N6. The molecular weight excluding hydrogens is 402 g/mol. The molecule has 148 valence electrons. The zero-order valence-electron chi connectivity index (χ0n) is 17.5. The third-order valence-corrected chi connectivity index (χ3v) is 3.10. The molecule has 2 N–H and O–H groups in total. The second kappa shape index (κ2) is 7.71. The van der Waals surface area contributed by atoms with E-state index in [2.05, 4.69) is 19.9 Å². The Balaban J connectivity index is 2.63. The van der Waals surface area contributed by atoms with Crippen molar-refractivity contribution >= 4 is 23.5 Å². The molecule has 0 saturated carbocycles. The molecule has 13 heteroatoms. The van der Waals surface area contributed by atoms with Gasteiger partial charge in [0.1, 0.15) is 22.9 Å². The topological polar surface area (TPSA) is 75.6 Å². The van der Waals surface area contributed by atoms with E-state index in [1.54, 1.807) is 10.6 Å². The highest BCUT2D eigenvalue weighted by Crippen LogP contribution is 2.26. The van der Waals surface area contributed by atoms with Crippen molar-refractivity contribution in [2.45, 2.75) is 38.2 Å². The minimum Gasteiger partial charge on any atom is -0.343 e. The molecule has 2 aromatic rings. The molecule has 0 spiro atoms. The SMILES string of the molecule is [2H]c1cc(-c2nc(NC([2H])(C)C(F)(F)F)nc(NC([2H])(C)C(F)(F)F)n2)nc(Cl)c1[2H]. The summed E-state index contributed by atoms with van der Waals surface area (Å²) in [4.78, 5) is 14.3. The van der Waals surface area contributed by atoms with Crippen molar-refractivity contribution in [2.24, 2.45) is 0 Å². The second-order valence-corrected chi connectivity index (χ2v) is 5.36. The number of alkyl halides is 6. The molecule has 2 rings (SSSR count). The summed E-state index contributed by atoms with van der Waals surface area (Å²) in [5.74, 6) is -2.54. The molecule has 0 radical (unpaired) electrons. The number of rotatable bonds is 5. The smallest absolute Gasteiger partial charge is 0.343 e. The van der Waals surface area contributed by atoms with E-state index in [4.69, 9.17) is 17.1 Å². The van der Waals surface area contributed by atoms with Crippen LogP contribution >= 0.6 is 11.6 Å². The van der Waals surface area contributed by atoms with E-state index in [0.717, 1.165) is 6.07 Å². The van der Waals surface area contributed by atoms with Gasteiger partial charge in [0.05, 0.1) is 5.48 Å². The fraction of sp³-hybridized carbons (Fsp3) is 0.429. The first-order valence-corrected chi connectivity index (χ1v) is 7.32. The molecule has 6 nitrogen and oxygen atoms in total. The van der Waals surface area contributed by atoms with Crippen LogP contribution in [0.5, 0.6) is 0 Å². The molecule has 0 aliphatic rings. The number of pyridine rings is 1. The van der Waals surface area contributed by atoms with Crippen LogP contribution in [-0.2, 0) is 0 Å². The first-order valence-electron chi connectivity index (χ1n) is 8.94. The lowest BCUT2D eigenvalue weighted by atomic mass is 10.3. The molecule has 0 saturated heterocycles. The van der Waals surface area contributed by atoms with Gasteiger partial charge in [-0.15, -0.1) is 0 Å². The highest BCUT2D eigenvalue weighted by atomic mass is 35.5. The van der Waals surface area contributed by atoms with Gasteiger partial charge < -0.3 is 10.6 Å². The summed E-state index contributed by atoms with van der Waals surface area (Å²) in [6.07, 6.45) is -10.2. The van der Waals surface area contributed by atoms with Gasteiger partial charge in [-0.25, -0.2) is 4.98 Å². The van der Waals surface area contributed by atoms with Crippen LogP contribution in [0.15, 0.2) is 18.2 Å². The molecule has 2 atom stereocenters. The van der Waals surface area contributed by atoms with Crippen molar-refractivity contribution in [2.75, 3.05) is 10.6 Å². The molecule has 2 aromatic heterocycles. The van der Waals surface area contributed by atoms with Crippen molar-refractivity contribution < 1.29 is 31.8 Å². The fourth-order valence-electron chi connectivity index (χ4n) is 1.52. The van der Waals surface area contributed by atoms with E-state index >= 15 is 0 Å². The predicted molar refractivity (Wildman–Crippen MR) is 86.3 cm³/mol. The average Bonchev–Trinajstić information content (AvgIpc) is 2.56. The standard InChI is InChI=1S/C14H13ClF6N6/c1-6(13(16,17)18)22-11-25-10(8-4-3-5-9(15)24-8)26-12(27-11)23-7(2)14(19,20)21/h3-7H,1-2H3,(H2,22,23,25,26,27)/i3D,5D,6D,7D. The number of aromatic nitrogens is 4. The monoisotopic (exact) mass is 418 g/mol. The molecule has 0 aromatic carbocycles. The Morgan fingerprint density at radius 1 is 0.963 bits per heavy atom. The third-order valence-electron chi connectivity index (χ3n) is 2.92. The van der Waals surface area contributed by atoms with Gasteiger partial charge in [0.15, 0.2) is 5.82 Å². The Morgan fingerprint density at radius 3 is 1.85 bits per heavy atom. The van der Waals surface area contributed by atoms with Crippen LogP contribution in [0, 0.1) is 0 Å². The zero-order valence-corrected chi connectivity index (χ0v) is 14.3. The highest BCUT2D eigenvalue weighted by Gasteiger charge is 2.38. The predicted octanol–water partition coefficient (Wildman–Crippen LogP) is 4.31. The third kappa shape index (κ3) is 5.81. The molecule has 2 unspecified atom stereocenters. The summed E-state index contributed by atoms with van der Waals surface area (Å²) in [5, 5.41) is 2.76. The number of hydrogen-bond donors (Lipinski definition) is 2. The molecule has 0 bridgehead atoms. The van der Waals surface area contributed by atoms with Crippen LogP contribution in [0.3, 0.4) is 0 Å². The van der Waals surface area contributed by atoms with E-state index in [9.17, 15) is 26.3 Å². The maximum atomic E-state index is 13.0. The Morgan fingerprint density at radius 2 is 1.44 bits per heavy atom. The Labute approximate surface area is 160 Å². The maximum Gasteiger partial charge on any atom is 0.408 e. The van der Waals surface area contributed by atoms with Crippen LogP contribution in [0.4, 0.5) is 38.2 Å². The molecule has 2 heterocycles. The zero-order chi connectivity index (χ0) is 24.0. The molecule has 0 aliphatic heterocycles. The van der Waals surface area contributed by atoms with Gasteiger partial charge in [-0.1, -0.05) is 17.6 Å². The molecule has 0 aliphatic carbocycles. The normalized spacial score (nSPS) is 19.0. The fourth-order valence-corrected chi connectivity index (χ4v) is 1.67. The lowest BCUT2D eigenvalue weighted by Crippen LogP contribution is -2.35. The first-order chi connectivity index (χ1) is 13.8. The Bertz CT molecular complexity index is 915. The van der Waals surface area contributed by atoms with Gasteiger partial charge in [0, 0.05) is 0 Å². The minimum absolute atomic E-state index is 0.364. The van der Waals surface area contributed by atoms with Crippen LogP contribution in [0.25, 0.3) is 11.5 Å². The van der Waals surface area contributed by atoms with Crippen LogP contribution in [0.1, 0.15) is 19.3 Å². The van der Waals surface area contributed by atoms with Crippen molar-refractivity contribution in [3.05, 3.63) is 23.3 Å². The summed E-state index contributed by atoms with van der Waals surface area (Å²) in [7, 11) is 0. The maximum absolute atomic E-state index is 13.0. The van der Waals surface area contributed by atoms with E-state index in [0.29, 0.717) is 13.8 Å². The summed E-state index contributed by atoms with van der Waals surface area (Å²) < 4.78 is 108. The highest BCUT2D eigenvalue weighted by molar-refractivity contribution is 6.29. The largest absolute Gasteiger partial charge is 0.408 e. The second-order valence-electron chi connectivity index (χ2n) is 5.00. The number of nitrogens with one attached hydrogen (secondary N) is 2. The summed E-state index contributed by atoms with van der Waals surface area (Å²) in [6.45, 7) is 0.833. The van der Waals surface area contributed by atoms with E-state index in [1.165, 1.54) is 0 Å². The van der Waals surface area contributed by atoms with Gasteiger partial charge in [-0.05, 0) is 26.0 Å². The molecule has 0 fully saturated rings. The lowest BCUT2D eigenvalue weighted by Gasteiger charge is -2.20. The Kier molecular flexibility index (Phi) is 4.47. The minimum atomic E-state index is -5.12. The lowest BCUT2D eigenvalue weighted by molar-refractivity contribution is -0.139. The van der Waals surface area contributed by atoms with Crippen molar-refractivity contribution in [1.82, 2.24) is 19.9 Å². The van der Waals surface area contributed by atoms with E-state index < -0.39 is 59.3 Å². The number of hydrogen-bond acceptors (Lipinski definition) is 6. The number of nitrogens with zero attached hydrogens (tertiary/aromatic N) is 4. The summed E-state index contributed by atoms with van der Waals surface area (Å²) >= 11 is 5.70. The van der Waals surface area contributed by atoms with Crippen molar-refractivity contribution in [3.63, 3.8) is 0 Å². The quantitative estimate of drug-likeness (QED) is 0.556. The summed E-state index contributed by atoms with van der Waals surface area (Å²) in [6, 6.07) is -6.73. The molecule has 27 heavy (non-hydrogen) atoms. The summed E-state index contributed by atoms with van der Waals surface area (Å²) in [5.41, 5.74) is -0.364. The number of anilines is 2. The van der Waals surface area contributed by atoms with Gasteiger partial charge >= 0.3 is 12.4 Å². The van der Waals surface area contributed by atoms with Crippen molar-refractivity contribution in [1.29, 1.82) is 0 Å². The van der Waals surface area contributed by atoms with Gasteiger partial charge in [0.25, 0.3) is 0 Å². The number of halogens is 7. The Hall–Kier alpha value is -2.37. The van der Waals surface area contributed by atoms with E-state index in [1.807, 2.05) is 0 Å². The van der Waals surface area contributed by atoms with Crippen LogP contribution in [0.2, 0.25) is 5.15 Å². The average molecular weight is 419 g/mol. The van der Waals surface area contributed by atoms with Gasteiger partial charge in [0.2, 0.25) is 11.9 Å². The van der Waals surface area contributed by atoms with Crippen LogP contribution in [-0.4, -0.2) is 44.3 Å². The van der Waals surface area contributed by atoms with Crippen LogP contribution < -0.4 is 10.6 Å². The first kappa shape index (κ1) is 15.7. The van der Waals surface area contributed by atoms with E-state index in [-0.39, 0.29) is 5.69 Å². The van der Waals surface area contributed by atoms with Gasteiger partial charge in [-0.3, -0.25) is 0 Å². The van der Waals surface area contributed by atoms with Gasteiger partial charge in [-0.2, -0.15) is 41.3 Å². The van der Waals surface area contributed by atoms with Crippen molar-refractivity contribution in [3.8, 4) is 11.5 Å². The molecule has 0 amide bonds.